The summed E-state index contributed by atoms with van der Waals surface area (Å²) in [5, 5.41) is 3.40. The van der Waals surface area contributed by atoms with E-state index in [4.69, 9.17) is 21.1 Å². The van der Waals surface area contributed by atoms with Crippen molar-refractivity contribution >= 4 is 34.5 Å². The minimum absolute atomic E-state index is 0.127. The predicted octanol–water partition coefficient (Wildman–Crippen LogP) is 9.14. The molecule has 3 rings (SSSR count). The van der Waals surface area contributed by atoms with E-state index in [0.717, 1.165) is 23.4 Å². The van der Waals surface area contributed by atoms with Gasteiger partial charge in [-0.1, -0.05) is 119 Å². The summed E-state index contributed by atoms with van der Waals surface area (Å²) in [6, 6.07) is 13.2. The lowest BCUT2D eigenvalue weighted by Crippen LogP contribution is -2.31. The van der Waals surface area contributed by atoms with Gasteiger partial charge in [0.15, 0.2) is 19.3 Å². The molecular weight excluding hydrogens is 540 g/mol. The molecule has 0 spiro atoms. The minimum Gasteiger partial charge on any atom is -0.494 e. The van der Waals surface area contributed by atoms with Crippen molar-refractivity contribution in [3.05, 3.63) is 69.6 Å². The molecule has 0 fully saturated rings. The highest BCUT2D eigenvalue weighted by molar-refractivity contribution is 7.09. The number of hydrogen-bond acceptors (Lipinski definition) is 4. The Bertz CT molecular complexity index is 1150. The second kappa shape index (κ2) is 18.7. The minimum atomic E-state index is -0.234. The van der Waals surface area contributed by atoms with Crippen LogP contribution in [0.3, 0.4) is 0 Å². The summed E-state index contributed by atoms with van der Waals surface area (Å²) in [5.74, 6) is 0.953. The lowest BCUT2D eigenvalue weighted by Gasteiger charge is -2.12. The number of ether oxygens (including phenoxy) is 2. The van der Waals surface area contributed by atoms with Crippen molar-refractivity contribution in [1.29, 1.82) is 0 Å². The SMILES string of the molecule is CCCCCCCCCCCCCCOc1ccc(OCC(=O)Nc2ccccc2C[n+]2csc(C)c2)c(Cl)c1. The molecule has 0 aliphatic rings. The van der Waals surface area contributed by atoms with Crippen LogP contribution in [0.5, 0.6) is 11.5 Å². The smallest absolute Gasteiger partial charge is 0.262 e. The molecule has 1 heterocycles. The van der Waals surface area contributed by atoms with Crippen molar-refractivity contribution in [3.8, 4) is 11.5 Å². The van der Waals surface area contributed by atoms with Crippen LogP contribution in [-0.4, -0.2) is 19.1 Å². The first-order valence-electron chi connectivity index (χ1n) is 14.9. The van der Waals surface area contributed by atoms with Gasteiger partial charge in [0.1, 0.15) is 11.5 Å². The van der Waals surface area contributed by atoms with Gasteiger partial charge in [-0.25, -0.2) is 0 Å². The highest BCUT2D eigenvalue weighted by Gasteiger charge is 2.13. The van der Waals surface area contributed by atoms with Crippen LogP contribution in [0.2, 0.25) is 5.02 Å². The molecule has 1 aromatic heterocycles. The van der Waals surface area contributed by atoms with E-state index >= 15 is 0 Å². The summed E-state index contributed by atoms with van der Waals surface area (Å²) in [5.41, 5.74) is 3.89. The highest BCUT2D eigenvalue weighted by atomic mass is 35.5. The Balaban J connectivity index is 1.30. The average Bonchev–Trinajstić information content (AvgIpc) is 3.36. The van der Waals surface area contributed by atoms with Crippen molar-refractivity contribution in [2.45, 2.75) is 97.4 Å². The van der Waals surface area contributed by atoms with Gasteiger partial charge in [0.25, 0.3) is 5.91 Å². The van der Waals surface area contributed by atoms with Gasteiger partial charge in [0, 0.05) is 11.6 Å². The van der Waals surface area contributed by atoms with Gasteiger partial charge in [0.2, 0.25) is 5.51 Å². The molecule has 5 nitrogen and oxygen atoms in total. The maximum absolute atomic E-state index is 12.6. The number of para-hydroxylation sites is 1. The molecule has 2 aromatic carbocycles. The zero-order valence-corrected chi connectivity index (χ0v) is 25.8. The molecule has 0 bridgehead atoms. The molecule has 0 saturated heterocycles. The van der Waals surface area contributed by atoms with Gasteiger partial charge >= 0.3 is 0 Å². The third-order valence-corrected chi connectivity index (χ3v) is 8.04. The number of thiazole rings is 1. The van der Waals surface area contributed by atoms with Crippen molar-refractivity contribution in [2.75, 3.05) is 18.5 Å². The Labute approximate surface area is 249 Å². The summed E-state index contributed by atoms with van der Waals surface area (Å²) in [6.45, 7) is 5.59. The molecule has 0 unspecified atom stereocenters. The van der Waals surface area contributed by atoms with Crippen LogP contribution in [0.15, 0.2) is 54.2 Å². The molecule has 40 heavy (non-hydrogen) atoms. The number of aromatic nitrogens is 1. The topological polar surface area (TPSA) is 51.4 Å². The van der Waals surface area contributed by atoms with E-state index in [1.165, 1.54) is 75.5 Å². The number of unbranched alkanes of at least 4 members (excludes halogenated alkanes) is 11. The Kier molecular flexibility index (Phi) is 15.0. The zero-order chi connectivity index (χ0) is 28.4. The van der Waals surface area contributed by atoms with Crippen molar-refractivity contribution in [2.24, 2.45) is 0 Å². The number of carbonyl (C=O) groups excluding carboxylic acids is 1. The van der Waals surface area contributed by atoms with Gasteiger partial charge in [-0.15, -0.1) is 0 Å². The average molecular weight is 586 g/mol. The second-order valence-corrected chi connectivity index (χ2v) is 12.0. The van der Waals surface area contributed by atoms with Crippen LogP contribution in [0.25, 0.3) is 0 Å². The molecule has 0 aliphatic heterocycles. The molecule has 218 valence electrons. The Morgan fingerprint density at radius 1 is 0.900 bits per heavy atom. The third-order valence-electron chi connectivity index (χ3n) is 6.89. The molecule has 0 aliphatic carbocycles. The van der Waals surface area contributed by atoms with E-state index in [1.807, 2.05) is 30.3 Å². The number of nitrogens with zero attached hydrogens (tertiary/aromatic N) is 1. The number of rotatable bonds is 20. The normalized spacial score (nSPS) is 11.0. The quantitative estimate of drug-likeness (QED) is 0.106. The van der Waals surface area contributed by atoms with Crippen LogP contribution >= 0.6 is 22.9 Å². The van der Waals surface area contributed by atoms with Gasteiger partial charge in [-0.2, -0.15) is 4.57 Å². The van der Waals surface area contributed by atoms with Crippen molar-refractivity contribution in [3.63, 3.8) is 0 Å². The Hall–Kier alpha value is -2.57. The van der Waals surface area contributed by atoms with E-state index in [-0.39, 0.29) is 12.5 Å². The Morgan fingerprint density at radius 2 is 1.57 bits per heavy atom. The van der Waals surface area contributed by atoms with Crippen molar-refractivity contribution in [1.82, 2.24) is 0 Å². The maximum atomic E-state index is 12.6. The van der Waals surface area contributed by atoms with Crippen LogP contribution in [-0.2, 0) is 11.3 Å². The fraction of sp³-hybridized carbons (Fsp3) is 0.515. The standard InChI is InChI=1S/C33H45ClN2O3S/c1-3-4-5-6-7-8-9-10-11-12-13-16-21-38-29-19-20-32(30(34)22-29)39-25-33(37)35-31-18-15-14-17-28(31)24-36-23-27(2)40-26-36/h14-15,17-20,22-23,26H,3-13,16,21,24-25H2,1-2H3/p+1. The monoisotopic (exact) mass is 585 g/mol. The van der Waals surface area contributed by atoms with Gasteiger partial charge < -0.3 is 14.8 Å². The lowest BCUT2D eigenvalue weighted by atomic mass is 10.1. The molecule has 1 amide bonds. The van der Waals surface area contributed by atoms with Gasteiger partial charge in [-0.05, 0) is 31.5 Å². The second-order valence-electron chi connectivity index (χ2n) is 10.5. The number of aryl methyl sites for hydroxylation is 1. The fourth-order valence-electron chi connectivity index (χ4n) is 4.66. The first-order valence-corrected chi connectivity index (χ1v) is 16.2. The number of amides is 1. The van der Waals surface area contributed by atoms with E-state index in [1.54, 1.807) is 23.5 Å². The van der Waals surface area contributed by atoms with E-state index in [2.05, 4.69) is 35.4 Å². The number of carbonyl (C=O) groups is 1. The van der Waals surface area contributed by atoms with Gasteiger partial charge in [-0.3, -0.25) is 4.79 Å². The first-order chi connectivity index (χ1) is 19.5. The number of benzene rings is 2. The fourth-order valence-corrected chi connectivity index (χ4v) is 5.51. The maximum Gasteiger partial charge on any atom is 0.262 e. The summed E-state index contributed by atoms with van der Waals surface area (Å²) in [6.07, 6.45) is 17.9. The van der Waals surface area contributed by atoms with Crippen molar-refractivity contribution < 1.29 is 18.8 Å². The number of anilines is 1. The molecule has 1 N–H and O–H groups in total. The number of nitrogens with one attached hydrogen (secondary N) is 1. The van der Waals surface area contributed by atoms with E-state index in [9.17, 15) is 4.79 Å². The molecule has 0 saturated carbocycles. The summed E-state index contributed by atoms with van der Waals surface area (Å²) < 4.78 is 13.7. The molecule has 0 radical (unpaired) electrons. The number of halogens is 1. The van der Waals surface area contributed by atoms with Crippen LogP contribution in [0, 0.1) is 6.92 Å². The van der Waals surface area contributed by atoms with E-state index < -0.39 is 0 Å². The van der Waals surface area contributed by atoms with Gasteiger partial charge in [0.05, 0.1) is 22.2 Å². The summed E-state index contributed by atoms with van der Waals surface area (Å²) in [4.78, 5) is 13.9. The highest BCUT2D eigenvalue weighted by Crippen LogP contribution is 2.29. The van der Waals surface area contributed by atoms with E-state index in [0.29, 0.717) is 23.9 Å². The molecular formula is C33H46ClN2O3S+. The molecule has 0 atom stereocenters. The predicted molar refractivity (Wildman–Crippen MR) is 167 cm³/mol. The summed E-state index contributed by atoms with van der Waals surface area (Å²) >= 11 is 8.11. The molecule has 3 aromatic rings. The van der Waals surface area contributed by atoms with Crippen LogP contribution in [0.1, 0.15) is 94.4 Å². The third kappa shape index (κ3) is 12.3. The largest absolute Gasteiger partial charge is 0.494 e. The zero-order valence-electron chi connectivity index (χ0n) is 24.3. The number of hydrogen-bond donors (Lipinski definition) is 1. The lowest BCUT2D eigenvalue weighted by molar-refractivity contribution is -0.683. The van der Waals surface area contributed by atoms with Crippen LogP contribution < -0.4 is 19.4 Å². The Morgan fingerprint density at radius 3 is 2.23 bits per heavy atom. The molecule has 7 heteroatoms. The summed E-state index contributed by atoms with van der Waals surface area (Å²) in [7, 11) is 0. The first kappa shape index (κ1) is 32.0. The van der Waals surface area contributed by atoms with Crippen LogP contribution in [0.4, 0.5) is 5.69 Å².